The van der Waals surface area contributed by atoms with Crippen LogP contribution in [0.5, 0.6) is 0 Å². The number of carbonyl (C=O) groups excluding carboxylic acids is 1. The lowest BCUT2D eigenvalue weighted by Gasteiger charge is -2.29. The van der Waals surface area contributed by atoms with Crippen molar-refractivity contribution in [2.75, 3.05) is 0 Å². The molecule has 2 bridgehead atoms. The highest BCUT2D eigenvalue weighted by Crippen LogP contribution is 2.57. The highest BCUT2D eigenvalue weighted by atomic mass is 79.9. The number of benzene rings is 1. The summed E-state index contributed by atoms with van der Waals surface area (Å²) in [7, 11) is 0. The van der Waals surface area contributed by atoms with Gasteiger partial charge in [-0.3, -0.25) is 4.79 Å². The summed E-state index contributed by atoms with van der Waals surface area (Å²) in [6, 6.07) is 11.9. The molecule has 5 rings (SSSR count). The third kappa shape index (κ3) is 2.62. The number of thiazole rings is 1. The van der Waals surface area contributed by atoms with Crippen molar-refractivity contribution in [3.8, 4) is 10.8 Å². The largest absolute Gasteiger partial charge is 0.457 e. The van der Waals surface area contributed by atoms with E-state index in [4.69, 9.17) is 4.42 Å². The molecule has 2 fully saturated rings. The zero-order valence-corrected chi connectivity index (χ0v) is 16.6. The highest BCUT2D eigenvalue weighted by molar-refractivity contribution is 9.09. The maximum absolute atomic E-state index is 12.8. The van der Waals surface area contributed by atoms with Gasteiger partial charge in [0.1, 0.15) is 5.76 Å². The number of fused-ring (bicyclic) bond motifs is 3. The number of hydrogen-bond donors (Lipinski definition) is 1. The van der Waals surface area contributed by atoms with Gasteiger partial charge in [0, 0.05) is 4.83 Å². The van der Waals surface area contributed by atoms with E-state index in [1.54, 1.807) is 11.3 Å². The molecule has 6 heteroatoms. The van der Waals surface area contributed by atoms with Gasteiger partial charge in [-0.2, -0.15) is 0 Å². The van der Waals surface area contributed by atoms with Crippen molar-refractivity contribution >= 4 is 43.4 Å². The van der Waals surface area contributed by atoms with Crippen LogP contribution in [0.15, 0.2) is 40.8 Å². The number of nitrogens with zero attached hydrogens (tertiary/aromatic N) is 1. The van der Waals surface area contributed by atoms with Crippen LogP contribution in [0.4, 0.5) is 0 Å². The molecular weight excluding hydrogens is 412 g/mol. The van der Waals surface area contributed by atoms with Crippen molar-refractivity contribution in [2.45, 2.75) is 37.1 Å². The summed E-state index contributed by atoms with van der Waals surface area (Å²) in [6.45, 7) is 0.426. The number of para-hydroxylation sites is 1. The Morgan fingerprint density at radius 3 is 3.00 bits per heavy atom. The molecule has 2 aliphatic carbocycles. The third-order valence-corrected chi connectivity index (χ3v) is 8.13. The summed E-state index contributed by atoms with van der Waals surface area (Å²) in [5.74, 6) is 2.40. The number of halogens is 1. The van der Waals surface area contributed by atoms with Crippen molar-refractivity contribution < 1.29 is 9.21 Å². The molecule has 3 atom stereocenters. The molecule has 1 amide bonds. The molecule has 3 aromatic rings. The normalized spacial score (nSPS) is 27.3. The zero-order valence-electron chi connectivity index (χ0n) is 14.2. The Morgan fingerprint density at radius 2 is 2.23 bits per heavy atom. The average molecular weight is 431 g/mol. The van der Waals surface area contributed by atoms with E-state index in [0.717, 1.165) is 46.0 Å². The van der Waals surface area contributed by atoms with E-state index in [9.17, 15) is 4.79 Å². The molecule has 0 aliphatic heterocycles. The molecule has 2 saturated carbocycles. The van der Waals surface area contributed by atoms with Gasteiger partial charge in [0.05, 0.1) is 22.2 Å². The maximum atomic E-state index is 12.8. The smallest absolute Gasteiger partial charge is 0.227 e. The number of alkyl halides is 1. The quantitative estimate of drug-likeness (QED) is 0.583. The number of hydrogen-bond acceptors (Lipinski definition) is 4. The van der Waals surface area contributed by atoms with Crippen molar-refractivity contribution in [1.29, 1.82) is 0 Å². The minimum atomic E-state index is -0.215. The Morgan fingerprint density at radius 1 is 1.35 bits per heavy atom. The Labute approximate surface area is 164 Å². The van der Waals surface area contributed by atoms with Crippen molar-refractivity contribution in [3.63, 3.8) is 0 Å². The standard InChI is InChI=1S/C20H19BrN2O2S/c21-17-9-12-7-8-20(17,10-12)19(24)22-11-13-5-6-15(25-13)18-23-14-3-1-2-4-16(14)26-18/h1-6,12,17H,7-11H2,(H,22,24)/t12-,17+,20+/m0/s1. The van der Waals surface area contributed by atoms with Crippen LogP contribution in [-0.2, 0) is 11.3 Å². The van der Waals surface area contributed by atoms with E-state index in [2.05, 4.69) is 32.3 Å². The lowest BCUT2D eigenvalue weighted by Crippen LogP contribution is -2.43. The van der Waals surface area contributed by atoms with Crippen molar-refractivity contribution in [2.24, 2.45) is 11.3 Å². The fourth-order valence-electron chi connectivity index (χ4n) is 4.44. The summed E-state index contributed by atoms with van der Waals surface area (Å²) in [6.07, 6.45) is 4.31. The second-order valence-corrected chi connectivity index (χ2v) is 9.54. The van der Waals surface area contributed by atoms with Crippen LogP contribution >= 0.6 is 27.3 Å². The van der Waals surface area contributed by atoms with Gasteiger partial charge in [-0.25, -0.2) is 4.98 Å². The minimum Gasteiger partial charge on any atom is -0.457 e. The van der Waals surface area contributed by atoms with Crippen molar-refractivity contribution in [1.82, 2.24) is 10.3 Å². The molecule has 1 N–H and O–H groups in total. The van der Waals surface area contributed by atoms with Gasteiger partial charge in [0.15, 0.2) is 10.8 Å². The van der Waals surface area contributed by atoms with E-state index in [1.807, 2.05) is 30.3 Å². The molecule has 2 aromatic heterocycles. The average Bonchev–Trinajstić information content (AvgIpc) is 3.40. The summed E-state index contributed by atoms with van der Waals surface area (Å²) in [5.41, 5.74) is 0.769. The van der Waals surface area contributed by atoms with Crippen molar-refractivity contribution in [3.05, 3.63) is 42.2 Å². The van der Waals surface area contributed by atoms with Crippen LogP contribution in [0.1, 0.15) is 31.4 Å². The molecule has 1 aromatic carbocycles. The minimum absolute atomic E-state index is 0.164. The Balaban J connectivity index is 1.29. The Hall–Kier alpha value is -1.66. The zero-order chi connectivity index (χ0) is 17.7. The first-order chi connectivity index (χ1) is 12.6. The molecule has 26 heavy (non-hydrogen) atoms. The van der Waals surface area contributed by atoms with Gasteiger partial charge in [0.25, 0.3) is 0 Å². The van der Waals surface area contributed by atoms with E-state index in [0.29, 0.717) is 17.3 Å². The number of rotatable bonds is 4. The first kappa shape index (κ1) is 16.5. The number of carbonyl (C=O) groups is 1. The van der Waals surface area contributed by atoms with Crippen LogP contribution in [-0.4, -0.2) is 15.7 Å². The van der Waals surface area contributed by atoms with Gasteiger partial charge in [-0.15, -0.1) is 11.3 Å². The molecule has 4 nitrogen and oxygen atoms in total. The fraction of sp³-hybridized carbons (Fsp3) is 0.400. The monoisotopic (exact) mass is 430 g/mol. The number of aromatic nitrogens is 1. The predicted octanol–water partition coefficient (Wildman–Crippen LogP) is 5.13. The van der Waals surface area contributed by atoms with E-state index >= 15 is 0 Å². The van der Waals surface area contributed by atoms with Crippen LogP contribution in [0.3, 0.4) is 0 Å². The summed E-state index contributed by atoms with van der Waals surface area (Å²) in [4.78, 5) is 17.7. The van der Waals surface area contributed by atoms with Crippen LogP contribution in [0.2, 0.25) is 0 Å². The first-order valence-corrected chi connectivity index (χ1v) is 10.7. The number of nitrogens with one attached hydrogen (secondary N) is 1. The summed E-state index contributed by atoms with van der Waals surface area (Å²) < 4.78 is 7.08. The van der Waals surface area contributed by atoms with Gasteiger partial charge in [0.2, 0.25) is 5.91 Å². The van der Waals surface area contributed by atoms with Crippen LogP contribution in [0.25, 0.3) is 21.0 Å². The lowest BCUT2D eigenvalue weighted by atomic mass is 9.83. The lowest BCUT2D eigenvalue weighted by molar-refractivity contribution is -0.130. The molecule has 0 saturated heterocycles. The van der Waals surface area contributed by atoms with Gasteiger partial charge in [-0.1, -0.05) is 28.1 Å². The predicted molar refractivity (Wildman–Crippen MR) is 106 cm³/mol. The third-order valence-electron chi connectivity index (χ3n) is 5.83. The Kier molecular flexibility index (Phi) is 3.94. The van der Waals surface area contributed by atoms with E-state index in [-0.39, 0.29) is 11.3 Å². The molecule has 2 aliphatic rings. The van der Waals surface area contributed by atoms with Gasteiger partial charge >= 0.3 is 0 Å². The molecular formula is C20H19BrN2O2S. The molecule has 0 radical (unpaired) electrons. The number of furan rings is 1. The first-order valence-electron chi connectivity index (χ1n) is 9.01. The summed E-state index contributed by atoms with van der Waals surface area (Å²) >= 11 is 5.36. The SMILES string of the molecule is O=C(NCc1ccc(-c2nc3ccccc3s2)o1)[C@@]12CC[C@@H](C[C@H]1Br)C2. The maximum Gasteiger partial charge on any atom is 0.227 e. The molecule has 0 spiro atoms. The van der Waals surface area contributed by atoms with E-state index < -0.39 is 0 Å². The fourth-order valence-corrected chi connectivity index (χ4v) is 6.52. The second-order valence-electron chi connectivity index (χ2n) is 7.40. The summed E-state index contributed by atoms with van der Waals surface area (Å²) in [5, 5.41) is 3.97. The van der Waals surface area contributed by atoms with E-state index in [1.165, 1.54) is 6.42 Å². The van der Waals surface area contributed by atoms with Crippen LogP contribution < -0.4 is 5.32 Å². The Bertz CT molecular complexity index is 948. The molecule has 2 heterocycles. The number of amides is 1. The second kappa shape index (κ2) is 6.20. The topological polar surface area (TPSA) is 55.1 Å². The van der Waals surface area contributed by atoms with Crippen LogP contribution in [0, 0.1) is 11.3 Å². The molecule has 134 valence electrons. The molecule has 0 unspecified atom stereocenters. The van der Waals surface area contributed by atoms with Gasteiger partial charge < -0.3 is 9.73 Å². The highest BCUT2D eigenvalue weighted by Gasteiger charge is 2.55. The van der Waals surface area contributed by atoms with Gasteiger partial charge in [-0.05, 0) is 55.9 Å².